The lowest BCUT2D eigenvalue weighted by atomic mass is 10.2. The molecule has 0 unspecified atom stereocenters. The number of halogens is 1. The van der Waals surface area contributed by atoms with Gasteiger partial charge in [0.15, 0.2) is 5.16 Å². The summed E-state index contributed by atoms with van der Waals surface area (Å²) in [6.07, 6.45) is 0.0673. The number of thioether (sulfide) groups is 1. The Hall–Kier alpha value is -3.04. The number of hydrogen-bond acceptors (Lipinski definition) is 6. The monoisotopic (exact) mass is 459 g/mol. The Bertz CT molecular complexity index is 1090. The van der Waals surface area contributed by atoms with Crippen LogP contribution in [0.1, 0.15) is 18.3 Å². The fourth-order valence-electron chi connectivity index (χ4n) is 2.78. The Morgan fingerprint density at radius 3 is 2.55 bits per heavy atom. The van der Waals surface area contributed by atoms with Crippen LogP contribution in [0.25, 0.3) is 0 Å². The first-order valence-electron chi connectivity index (χ1n) is 9.55. The molecule has 3 N–H and O–H groups in total. The van der Waals surface area contributed by atoms with E-state index in [1.54, 1.807) is 4.57 Å². The van der Waals surface area contributed by atoms with Crippen molar-refractivity contribution >= 4 is 46.6 Å². The Labute approximate surface area is 189 Å². The van der Waals surface area contributed by atoms with E-state index in [9.17, 15) is 14.7 Å². The summed E-state index contributed by atoms with van der Waals surface area (Å²) in [5, 5.41) is 24.4. The van der Waals surface area contributed by atoms with Crippen molar-refractivity contribution in [3.8, 4) is 5.75 Å². The van der Waals surface area contributed by atoms with Crippen LogP contribution in [-0.2, 0) is 22.6 Å². The maximum Gasteiger partial charge on any atom is 0.234 e. The number of hydrogen-bond donors (Lipinski definition) is 3. The fraction of sp³-hybridized carbons (Fsp3) is 0.238. The van der Waals surface area contributed by atoms with E-state index < -0.39 is 0 Å². The molecule has 31 heavy (non-hydrogen) atoms. The average Bonchev–Trinajstić information content (AvgIpc) is 3.12. The molecular formula is C21H22ClN5O3S. The quantitative estimate of drug-likeness (QED) is 0.348. The molecular weight excluding hydrogens is 438 g/mol. The van der Waals surface area contributed by atoms with Crippen LogP contribution in [0.4, 0.5) is 11.4 Å². The molecule has 0 spiro atoms. The van der Waals surface area contributed by atoms with Crippen LogP contribution in [0.15, 0.2) is 47.6 Å². The molecule has 0 fully saturated rings. The molecule has 8 nitrogen and oxygen atoms in total. The molecule has 0 bridgehead atoms. The number of aryl methyl sites for hydroxylation is 1. The van der Waals surface area contributed by atoms with Gasteiger partial charge in [0.05, 0.1) is 17.9 Å². The molecule has 162 valence electrons. The number of nitrogens with one attached hydrogen (secondary N) is 2. The third kappa shape index (κ3) is 6.22. The van der Waals surface area contributed by atoms with Gasteiger partial charge < -0.3 is 20.3 Å². The third-order valence-corrected chi connectivity index (χ3v) is 5.53. The summed E-state index contributed by atoms with van der Waals surface area (Å²) in [5.74, 6) is -0.0213. The number of anilines is 2. The molecule has 1 heterocycles. The first-order valence-corrected chi connectivity index (χ1v) is 10.9. The van der Waals surface area contributed by atoms with E-state index in [1.807, 2.05) is 38.1 Å². The van der Waals surface area contributed by atoms with E-state index in [0.29, 0.717) is 28.2 Å². The first-order chi connectivity index (χ1) is 14.9. The third-order valence-electron chi connectivity index (χ3n) is 4.33. The van der Waals surface area contributed by atoms with Crippen molar-refractivity contribution in [1.29, 1.82) is 0 Å². The summed E-state index contributed by atoms with van der Waals surface area (Å²) >= 11 is 7.09. The number of rotatable bonds is 8. The van der Waals surface area contributed by atoms with Gasteiger partial charge in [-0.15, -0.1) is 10.2 Å². The number of aromatic nitrogens is 3. The van der Waals surface area contributed by atoms with Crippen molar-refractivity contribution in [3.05, 3.63) is 58.9 Å². The van der Waals surface area contributed by atoms with Gasteiger partial charge in [0, 0.05) is 17.3 Å². The molecule has 1 aromatic heterocycles. The van der Waals surface area contributed by atoms with Gasteiger partial charge in [-0.1, -0.05) is 41.1 Å². The molecule has 2 aromatic carbocycles. The minimum atomic E-state index is -0.327. The average molecular weight is 460 g/mol. The highest BCUT2D eigenvalue weighted by atomic mass is 35.5. The molecule has 0 aliphatic rings. The van der Waals surface area contributed by atoms with E-state index in [0.717, 1.165) is 5.56 Å². The van der Waals surface area contributed by atoms with Gasteiger partial charge in [-0.25, -0.2) is 0 Å². The molecule has 0 aliphatic carbocycles. The van der Waals surface area contributed by atoms with Crippen molar-refractivity contribution in [2.75, 3.05) is 16.4 Å². The summed E-state index contributed by atoms with van der Waals surface area (Å²) in [4.78, 5) is 24.6. The van der Waals surface area contributed by atoms with Gasteiger partial charge in [-0.2, -0.15) is 0 Å². The lowest BCUT2D eigenvalue weighted by Crippen LogP contribution is -2.18. The number of phenolic OH excluding ortho intramolecular Hbond substituents is 1. The largest absolute Gasteiger partial charge is 0.506 e. The lowest BCUT2D eigenvalue weighted by molar-refractivity contribution is -0.116. The number of carbonyl (C=O) groups is 2. The highest BCUT2D eigenvalue weighted by Gasteiger charge is 2.16. The van der Waals surface area contributed by atoms with Crippen LogP contribution < -0.4 is 10.6 Å². The predicted octanol–water partition coefficient (Wildman–Crippen LogP) is 3.88. The van der Waals surface area contributed by atoms with Crippen LogP contribution >= 0.6 is 23.4 Å². The van der Waals surface area contributed by atoms with Gasteiger partial charge in [-0.3, -0.25) is 9.59 Å². The zero-order valence-corrected chi connectivity index (χ0v) is 18.6. The van der Waals surface area contributed by atoms with Crippen molar-refractivity contribution in [2.45, 2.75) is 32.0 Å². The normalized spacial score (nSPS) is 10.7. The Morgan fingerprint density at radius 2 is 1.84 bits per heavy atom. The standard InChI is InChI=1S/C21H22ClN5O3S/c1-3-27-18(11-19(29)23-15-7-4-13(2)5-8-15)25-26-21(27)31-12-20(30)24-16-10-14(22)6-9-17(16)28/h4-10,28H,3,11-12H2,1-2H3,(H,23,29)(H,24,30). The Kier molecular flexibility index (Phi) is 7.54. The van der Waals surface area contributed by atoms with E-state index in [4.69, 9.17) is 11.6 Å². The van der Waals surface area contributed by atoms with E-state index >= 15 is 0 Å². The van der Waals surface area contributed by atoms with Crippen molar-refractivity contribution < 1.29 is 14.7 Å². The molecule has 10 heteroatoms. The second-order valence-electron chi connectivity index (χ2n) is 6.73. The summed E-state index contributed by atoms with van der Waals surface area (Å²) in [6.45, 7) is 4.45. The van der Waals surface area contributed by atoms with Gasteiger partial charge in [0.2, 0.25) is 11.8 Å². The fourth-order valence-corrected chi connectivity index (χ4v) is 3.78. The van der Waals surface area contributed by atoms with Gasteiger partial charge in [-0.05, 0) is 44.2 Å². The second kappa shape index (κ2) is 10.3. The van der Waals surface area contributed by atoms with E-state index in [-0.39, 0.29) is 35.4 Å². The highest BCUT2D eigenvalue weighted by Crippen LogP contribution is 2.27. The number of nitrogens with zero attached hydrogens (tertiary/aromatic N) is 3. The molecule has 0 aliphatic heterocycles. The zero-order chi connectivity index (χ0) is 22.4. The molecule has 2 amide bonds. The van der Waals surface area contributed by atoms with Crippen molar-refractivity contribution in [3.63, 3.8) is 0 Å². The number of amides is 2. The van der Waals surface area contributed by atoms with Crippen molar-refractivity contribution in [2.24, 2.45) is 0 Å². The maximum absolute atomic E-state index is 12.4. The lowest BCUT2D eigenvalue weighted by Gasteiger charge is -2.09. The Morgan fingerprint density at radius 1 is 1.10 bits per heavy atom. The number of benzene rings is 2. The Balaban J connectivity index is 1.59. The van der Waals surface area contributed by atoms with Crippen LogP contribution in [-0.4, -0.2) is 37.4 Å². The first kappa shape index (κ1) is 22.6. The summed E-state index contributed by atoms with van der Waals surface area (Å²) < 4.78 is 1.80. The second-order valence-corrected chi connectivity index (χ2v) is 8.11. The molecule has 0 saturated carbocycles. The molecule has 3 rings (SSSR count). The zero-order valence-electron chi connectivity index (χ0n) is 17.1. The SMILES string of the molecule is CCn1c(CC(=O)Nc2ccc(C)cc2)nnc1SCC(=O)Nc1cc(Cl)ccc1O. The van der Waals surface area contributed by atoms with Gasteiger partial charge in [0.1, 0.15) is 11.6 Å². The molecule has 0 atom stereocenters. The van der Waals surface area contributed by atoms with Crippen LogP contribution in [0.5, 0.6) is 5.75 Å². The highest BCUT2D eigenvalue weighted by molar-refractivity contribution is 7.99. The number of phenols is 1. The number of aromatic hydroxyl groups is 1. The van der Waals surface area contributed by atoms with Gasteiger partial charge >= 0.3 is 0 Å². The molecule has 0 saturated heterocycles. The predicted molar refractivity (Wildman–Crippen MR) is 122 cm³/mol. The topological polar surface area (TPSA) is 109 Å². The van der Waals surface area contributed by atoms with Crippen LogP contribution in [0.3, 0.4) is 0 Å². The summed E-state index contributed by atoms with van der Waals surface area (Å²) in [5.41, 5.74) is 2.07. The summed E-state index contributed by atoms with van der Waals surface area (Å²) in [6, 6.07) is 11.9. The van der Waals surface area contributed by atoms with E-state index in [2.05, 4.69) is 20.8 Å². The summed E-state index contributed by atoms with van der Waals surface area (Å²) in [7, 11) is 0. The molecule has 0 radical (unpaired) electrons. The van der Waals surface area contributed by atoms with Crippen molar-refractivity contribution in [1.82, 2.24) is 14.8 Å². The van der Waals surface area contributed by atoms with Crippen LogP contribution in [0.2, 0.25) is 5.02 Å². The van der Waals surface area contributed by atoms with E-state index in [1.165, 1.54) is 30.0 Å². The van der Waals surface area contributed by atoms with Crippen LogP contribution in [0, 0.1) is 6.92 Å². The minimum Gasteiger partial charge on any atom is -0.506 e. The minimum absolute atomic E-state index is 0.0552. The smallest absolute Gasteiger partial charge is 0.234 e. The molecule has 3 aromatic rings. The maximum atomic E-state index is 12.4. The number of carbonyl (C=O) groups excluding carboxylic acids is 2. The van der Waals surface area contributed by atoms with Gasteiger partial charge in [0.25, 0.3) is 0 Å².